The number of anilines is 1. The zero-order valence-corrected chi connectivity index (χ0v) is 9.13. The summed E-state index contributed by atoms with van der Waals surface area (Å²) in [6.07, 6.45) is 2.16. The van der Waals surface area contributed by atoms with Crippen molar-refractivity contribution in [2.45, 2.75) is 20.3 Å². The van der Waals surface area contributed by atoms with Crippen LogP contribution in [0.15, 0.2) is 18.3 Å². The number of nitrogens with zero attached hydrogens (tertiary/aromatic N) is 1. The van der Waals surface area contributed by atoms with E-state index < -0.39 is 10.0 Å². The highest BCUT2D eigenvalue weighted by Gasteiger charge is 2.10. The zero-order valence-electron chi connectivity index (χ0n) is 8.32. The second kappa shape index (κ2) is 4.41. The molecule has 0 fully saturated rings. The Morgan fingerprint density at radius 3 is 2.79 bits per heavy atom. The summed E-state index contributed by atoms with van der Waals surface area (Å²) in [6, 6.07) is 3.59. The smallest absolute Gasteiger partial charge is 0.233 e. The quantitative estimate of drug-likeness (QED) is 0.827. The summed E-state index contributed by atoms with van der Waals surface area (Å²) in [4.78, 5) is 3.96. The van der Waals surface area contributed by atoms with Gasteiger partial charge < -0.3 is 0 Å². The summed E-state index contributed by atoms with van der Waals surface area (Å²) >= 11 is 0. The molecule has 0 unspecified atom stereocenters. The van der Waals surface area contributed by atoms with Crippen LogP contribution in [0.5, 0.6) is 0 Å². The molecular weight excluding hydrogens is 200 g/mol. The van der Waals surface area contributed by atoms with Gasteiger partial charge in [-0.3, -0.25) is 4.72 Å². The standard InChI is InChI=1S/C9H14N2O2S/c1-3-7-14(12,13)11-9-8(2)5-4-6-10-9/h4-6H,3,7H2,1-2H3,(H,10,11). The maximum atomic E-state index is 11.4. The van der Waals surface area contributed by atoms with E-state index in [-0.39, 0.29) is 5.75 Å². The van der Waals surface area contributed by atoms with Crippen molar-refractivity contribution in [3.05, 3.63) is 23.9 Å². The van der Waals surface area contributed by atoms with Crippen LogP contribution in [0.4, 0.5) is 5.82 Å². The van der Waals surface area contributed by atoms with Gasteiger partial charge in [-0.2, -0.15) is 0 Å². The van der Waals surface area contributed by atoms with Gasteiger partial charge in [-0.05, 0) is 25.0 Å². The van der Waals surface area contributed by atoms with Crippen LogP contribution >= 0.6 is 0 Å². The summed E-state index contributed by atoms with van der Waals surface area (Å²) in [7, 11) is -3.22. The van der Waals surface area contributed by atoms with Gasteiger partial charge in [0.05, 0.1) is 5.75 Å². The molecule has 1 aromatic heterocycles. The van der Waals surface area contributed by atoms with Crippen LogP contribution in [0.25, 0.3) is 0 Å². The number of aromatic nitrogens is 1. The van der Waals surface area contributed by atoms with E-state index in [1.165, 1.54) is 0 Å². The Labute approximate surface area is 84.4 Å². The molecule has 0 aliphatic heterocycles. The maximum Gasteiger partial charge on any atom is 0.233 e. The lowest BCUT2D eigenvalue weighted by Crippen LogP contribution is -2.17. The lowest BCUT2D eigenvalue weighted by Gasteiger charge is -2.07. The molecule has 1 rings (SSSR count). The minimum atomic E-state index is -3.22. The molecule has 0 saturated heterocycles. The van der Waals surface area contributed by atoms with Crippen LogP contribution < -0.4 is 4.72 Å². The SMILES string of the molecule is CCCS(=O)(=O)Nc1ncccc1C. The fraction of sp³-hybridized carbons (Fsp3) is 0.444. The Kier molecular flexibility index (Phi) is 3.46. The number of pyridine rings is 1. The normalized spacial score (nSPS) is 11.3. The van der Waals surface area contributed by atoms with E-state index in [0.29, 0.717) is 12.2 Å². The molecule has 1 heterocycles. The minimum absolute atomic E-state index is 0.128. The van der Waals surface area contributed by atoms with E-state index in [1.807, 2.05) is 19.9 Å². The Morgan fingerprint density at radius 2 is 2.21 bits per heavy atom. The van der Waals surface area contributed by atoms with Crippen molar-refractivity contribution in [1.29, 1.82) is 0 Å². The number of nitrogens with one attached hydrogen (secondary N) is 1. The van der Waals surface area contributed by atoms with Crippen molar-refractivity contribution in [2.75, 3.05) is 10.5 Å². The molecule has 0 aliphatic carbocycles. The highest BCUT2D eigenvalue weighted by Crippen LogP contribution is 2.11. The van der Waals surface area contributed by atoms with Crippen LogP contribution in [-0.4, -0.2) is 19.2 Å². The molecule has 0 aliphatic rings. The van der Waals surface area contributed by atoms with E-state index >= 15 is 0 Å². The topological polar surface area (TPSA) is 59.1 Å². The van der Waals surface area contributed by atoms with Gasteiger partial charge in [0.2, 0.25) is 10.0 Å². The van der Waals surface area contributed by atoms with E-state index in [9.17, 15) is 8.42 Å². The molecule has 5 heteroatoms. The lowest BCUT2D eigenvalue weighted by atomic mass is 10.3. The molecule has 0 radical (unpaired) electrons. The fourth-order valence-corrected chi connectivity index (χ4v) is 2.21. The van der Waals surface area contributed by atoms with Gasteiger partial charge in [0.15, 0.2) is 0 Å². The monoisotopic (exact) mass is 214 g/mol. The van der Waals surface area contributed by atoms with Crippen LogP contribution in [0, 0.1) is 6.92 Å². The molecule has 0 spiro atoms. The number of rotatable bonds is 4. The van der Waals surface area contributed by atoms with E-state index in [2.05, 4.69) is 9.71 Å². The van der Waals surface area contributed by atoms with Gasteiger partial charge in [-0.1, -0.05) is 13.0 Å². The van der Waals surface area contributed by atoms with Gasteiger partial charge in [-0.25, -0.2) is 13.4 Å². The average Bonchev–Trinajstić information content (AvgIpc) is 2.08. The summed E-state index contributed by atoms with van der Waals surface area (Å²) in [5.74, 6) is 0.546. The summed E-state index contributed by atoms with van der Waals surface area (Å²) in [5, 5.41) is 0. The molecule has 0 amide bonds. The Morgan fingerprint density at radius 1 is 1.50 bits per heavy atom. The molecule has 14 heavy (non-hydrogen) atoms. The first-order valence-corrected chi connectivity index (χ1v) is 6.12. The second-order valence-electron chi connectivity index (χ2n) is 3.09. The first-order valence-electron chi connectivity index (χ1n) is 4.47. The summed E-state index contributed by atoms with van der Waals surface area (Å²) in [6.45, 7) is 3.64. The third-order valence-electron chi connectivity index (χ3n) is 1.73. The first-order chi connectivity index (χ1) is 6.55. The van der Waals surface area contributed by atoms with E-state index in [4.69, 9.17) is 0 Å². The first kappa shape index (κ1) is 11.0. The highest BCUT2D eigenvalue weighted by molar-refractivity contribution is 7.92. The summed E-state index contributed by atoms with van der Waals surface area (Å²) < 4.78 is 25.3. The molecule has 0 aromatic carbocycles. The molecule has 0 bridgehead atoms. The number of aryl methyl sites for hydroxylation is 1. The van der Waals surface area contributed by atoms with Gasteiger partial charge in [0.1, 0.15) is 5.82 Å². The summed E-state index contributed by atoms with van der Waals surface area (Å²) in [5.41, 5.74) is 0.826. The molecule has 78 valence electrons. The van der Waals surface area contributed by atoms with Gasteiger partial charge in [0, 0.05) is 6.20 Å². The predicted molar refractivity (Wildman–Crippen MR) is 56.7 cm³/mol. The van der Waals surface area contributed by atoms with Crippen molar-refractivity contribution in [3.63, 3.8) is 0 Å². The molecule has 0 saturated carbocycles. The van der Waals surface area contributed by atoms with Crippen LogP contribution in [0.2, 0.25) is 0 Å². The van der Waals surface area contributed by atoms with Crippen molar-refractivity contribution in [2.24, 2.45) is 0 Å². The minimum Gasteiger partial charge on any atom is -0.267 e. The number of hydrogen-bond acceptors (Lipinski definition) is 3. The maximum absolute atomic E-state index is 11.4. The second-order valence-corrected chi connectivity index (χ2v) is 4.93. The van der Waals surface area contributed by atoms with Gasteiger partial charge in [-0.15, -0.1) is 0 Å². The number of hydrogen-bond donors (Lipinski definition) is 1. The third kappa shape index (κ3) is 2.99. The molecule has 4 nitrogen and oxygen atoms in total. The van der Waals surface area contributed by atoms with E-state index in [0.717, 1.165) is 5.56 Å². The van der Waals surface area contributed by atoms with Crippen LogP contribution in [0.3, 0.4) is 0 Å². The highest BCUT2D eigenvalue weighted by atomic mass is 32.2. The van der Waals surface area contributed by atoms with Gasteiger partial charge >= 0.3 is 0 Å². The Hall–Kier alpha value is -1.10. The molecule has 1 aromatic rings. The molecule has 0 atom stereocenters. The molecular formula is C9H14N2O2S. The zero-order chi connectivity index (χ0) is 10.6. The Balaban J connectivity index is 2.84. The predicted octanol–water partition coefficient (Wildman–Crippen LogP) is 1.54. The lowest BCUT2D eigenvalue weighted by molar-refractivity contribution is 0.599. The van der Waals surface area contributed by atoms with Gasteiger partial charge in [0.25, 0.3) is 0 Å². The average molecular weight is 214 g/mol. The van der Waals surface area contributed by atoms with E-state index in [1.54, 1.807) is 12.3 Å². The van der Waals surface area contributed by atoms with Crippen LogP contribution in [0.1, 0.15) is 18.9 Å². The fourth-order valence-electron chi connectivity index (χ4n) is 1.06. The van der Waals surface area contributed by atoms with Crippen molar-refractivity contribution < 1.29 is 8.42 Å². The number of sulfonamides is 1. The van der Waals surface area contributed by atoms with Crippen molar-refractivity contribution in [3.8, 4) is 0 Å². The van der Waals surface area contributed by atoms with Crippen LogP contribution in [-0.2, 0) is 10.0 Å². The Bertz CT molecular complexity index is 401. The third-order valence-corrected chi connectivity index (χ3v) is 3.18. The van der Waals surface area contributed by atoms with Crippen molar-refractivity contribution in [1.82, 2.24) is 4.98 Å². The van der Waals surface area contributed by atoms with Crippen molar-refractivity contribution >= 4 is 15.8 Å². The largest absolute Gasteiger partial charge is 0.267 e. The molecule has 1 N–H and O–H groups in total.